The van der Waals surface area contributed by atoms with Gasteiger partial charge in [0.1, 0.15) is 11.6 Å². The Hall–Kier alpha value is -5.10. The van der Waals surface area contributed by atoms with Crippen LogP contribution in [0.15, 0.2) is 108 Å². The average molecular weight is 587 g/mol. The maximum Gasteiger partial charge on any atom is 0.319 e. The molecule has 0 saturated heterocycles. The van der Waals surface area contributed by atoms with Crippen LogP contribution < -0.4 is 10.6 Å². The van der Waals surface area contributed by atoms with Gasteiger partial charge >= 0.3 is 6.03 Å². The fourth-order valence-corrected chi connectivity index (χ4v) is 5.15. The van der Waals surface area contributed by atoms with Crippen molar-refractivity contribution in [3.8, 4) is 5.69 Å². The number of nitrogens with zero attached hydrogens (tertiary/aromatic N) is 4. The average Bonchev–Trinajstić information content (AvgIpc) is 3.42. The third-order valence-corrected chi connectivity index (χ3v) is 7.28. The molecule has 0 aliphatic heterocycles. The van der Waals surface area contributed by atoms with Crippen molar-refractivity contribution in [2.45, 2.75) is 23.4 Å². The number of nitrogens with one attached hydrogen (secondary N) is 2. The van der Waals surface area contributed by atoms with Gasteiger partial charge in [0.05, 0.1) is 16.7 Å². The standard InChI is InChI=1S/C30H24F2N6O3S/c31-22-12-10-21(11-13-22)19-42-30-36-35-28(37(30)23-14-16-24(17-15-23)38(40)41)27(18-20-6-2-1-3-7-20)34-29(39)33-26-9-5-4-8-25(26)32/h1-17,27H,18-19H2,(H2,33,34,39). The second kappa shape index (κ2) is 13.0. The summed E-state index contributed by atoms with van der Waals surface area (Å²) >= 11 is 1.33. The lowest BCUT2D eigenvalue weighted by Crippen LogP contribution is -2.35. The van der Waals surface area contributed by atoms with Crippen molar-refractivity contribution < 1.29 is 18.5 Å². The molecule has 1 atom stereocenters. The fourth-order valence-electron chi connectivity index (χ4n) is 4.23. The summed E-state index contributed by atoms with van der Waals surface area (Å²) in [6, 6.07) is 25.8. The van der Waals surface area contributed by atoms with E-state index in [9.17, 15) is 23.7 Å². The number of urea groups is 1. The molecule has 2 amide bonds. The van der Waals surface area contributed by atoms with Crippen molar-refractivity contribution in [2.75, 3.05) is 5.32 Å². The van der Waals surface area contributed by atoms with E-state index in [1.807, 2.05) is 30.3 Å². The number of hydrogen-bond acceptors (Lipinski definition) is 6. The molecule has 1 heterocycles. The predicted octanol–water partition coefficient (Wildman–Crippen LogP) is 6.85. The Labute approximate surface area is 243 Å². The Kier molecular flexibility index (Phi) is 8.83. The van der Waals surface area contributed by atoms with Gasteiger partial charge < -0.3 is 10.6 Å². The maximum absolute atomic E-state index is 14.2. The van der Waals surface area contributed by atoms with E-state index in [1.54, 1.807) is 34.9 Å². The van der Waals surface area contributed by atoms with E-state index in [-0.39, 0.29) is 17.2 Å². The minimum Gasteiger partial charge on any atom is -0.327 e. The monoisotopic (exact) mass is 586 g/mol. The quantitative estimate of drug-likeness (QED) is 0.105. The molecule has 0 bridgehead atoms. The zero-order chi connectivity index (χ0) is 29.5. The SMILES string of the molecule is O=C(Nc1ccccc1F)NC(Cc1ccccc1)c1nnc(SCc2ccc(F)cc2)n1-c1ccc([N+](=O)[O-])cc1. The van der Waals surface area contributed by atoms with Crippen molar-refractivity contribution in [3.63, 3.8) is 0 Å². The number of non-ortho nitro benzene ring substituents is 1. The summed E-state index contributed by atoms with van der Waals surface area (Å²) in [5.74, 6) is -0.127. The third kappa shape index (κ3) is 6.96. The number of aromatic nitrogens is 3. The molecule has 0 radical (unpaired) electrons. The highest BCUT2D eigenvalue weighted by Crippen LogP contribution is 2.30. The van der Waals surface area contributed by atoms with E-state index < -0.39 is 22.8 Å². The third-order valence-electron chi connectivity index (χ3n) is 6.28. The second-order valence-corrected chi connectivity index (χ2v) is 10.1. The van der Waals surface area contributed by atoms with E-state index in [0.29, 0.717) is 28.8 Å². The molecule has 2 N–H and O–H groups in total. The number of halogens is 2. The van der Waals surface area contributed by atoms with Crippen LogP contribution in [0.4, 0.5) is 25.0 Å². The Morgan fingerprint density at radius 2 is 1.57 bits per heavy atom. The van der Waals surface area contributed by atoms with Gasteiger partial charge in [0.15, 0.2) is 11.0 Å². The summed E-state index contributed by atoms with van der Waals surface area (Å²) in [7, 11) is 0. The molecular formula is C30H24F2N6O3S. The molecule has 9 nitrogen and oxygen atoms in total. The van der Waals surface area contributed by atoms with Crippen LogP contribution in [0.1, 0.15) is 23.0 Å². The highest BCUT2D eigenvalue weighted by molar-refractivity contribution is 7.98. The summed E-state index contributed by atoms with van der Waals surface area (Å²) in [5, 5.41) is 26.0. The molecule has 0 saturated carbocycles. The van der Waals surface area contributed by atoms with E-state index in [0.717, 1.165) is 11.1 Å². The number of amides is 2. The first-order chi connectivity index (χ1) is 20.4. The van der Waals surface area contributed by atoms with E-state index in [1.165, 1.54) is 54.2 Å². The van der Waals surface area contributed by atoms with Crippen LogP contribution in [0.3, 0.4) is 0 Å². The smallest absolute Gasteiger partial charge is 0.319 e. The van der Waals surface area contributed by atoms with Crippen LogP contribution in [-0.2, 0) is 12.2 Å². The van der Waals surface area contributed by atoms with Crippen LogP contribution in [0.25, 0.3) is 5.69 Å². The first-order valence-corrected chi connectivity index (χ1v) is 13.8. The topological polar surface area (TPSA) is 115 Å². The van der Waals surface area contributed by atoms with Gasteiger partial charge in [-0.15, -0.1) is 10.2 Å². The number of carbonyl (C=O) groups excluding carboxylic acids is 1. The van der Waals surface area contributed by atoms with E-state index in [4.69, 9.17) is 0 Å². The molecule has 4 aromatic carbocycles. The van der Waals surface area contributed by atoms with Gasteiger partial charge in [0.25, 0.3) is 5.69 Å². The van der Waals surface area contributed by atoms with Crippen molar-refractivity contribution in [1.29, 1.82) is 0 Å². The Morgan fingerprint density at radius 3 is 2.26 bits per heavy atom. The minimum absolute atomic E-state index is 0.0147. The summed E-state index contributed by atoms with van der Waals surface area (Å²) in [5.41, 5.74) is 2.21. The predicted molar refractivity (Wildman–Crippen MR) is 155 cm³/mol. The summed E-state index contributed by atoms with van der Waals surface area (Å²) < 4.78 is 29.4. The van der Waals surface area contributed by atoms with Gasteiger partial charge in [-0.1, -0.05) is 66.4 Å². The first kappa shape index (κ1) is 28.4. The molecule has 42 heavy (non-hydrogen) atoms. The van der Waals surface area contributed by atoms with Crippen LogP contribution in [-0.4, -0.2) is 25.7 Å². The maximum atomic E-state index is 14.2. The zero-order valence-corrected chi connectivity index (χ0v) is 22.8. The van der Waals surface area contributed by atoms with Crippen LogP contribution in [0.2, 0.25) is 0 Å². The Balaban J connectivity index is 1.52. The lowest BCUT2D eigenvalue weighted by molar-refractivity contribution is -0.384. The van der Waals surface area contributed by atoms with E-state index >= 15 is 0 Å². The number of anilines is 1. The van der Waals surface area contributed by atoms with Crippen LogP contribution >= 0.6 is 11.8 Å². The molecule has 0 aliphatic carbocycles. The highest BCUT2D eigenvalue weighted by atomic mass is 32.2. The van der Waals surface area contributed by atoms with Crippen molar-refractivity contribution >= 4 is 29.2 Å². The summed E-state index contributed by atoms with van der Waals surface area (Å²) in [4.78, 5) is 23.9. The van der Waals surface area contributed by atoms with Crippen LogP contribution in [0, 0.1) is 21.7 Å². The number of carbonyl (C=O) groups is 1. The molecule has 5 aromatic rings. The fraction of sp³-hybridized carbons (Fsp3) is 0.100. The number of thioether (sulfide) groups is 1. The van der Waals surface area contributed by atoms with Crippen molar-refractivity contribution in [1.82, 2.24) is 20.1 Å². The second-order valence-electron chi connectivity index (χ2n) is 9.19. The van der Waals surface area contributed by atoms with Gasteiger partial charge in [-0.05, 0) is 47.5 Å². The van der Waals surface area contributed by atoms with Gasteiger partial charge in [-0.25, -0.2) is 13.6 Å². The Morgan fingerprint density at radius 1 is 0.881 bits per heavy atom. The molecular weight excluding hydrogens is 562 g/mol. The first-order valence-electron chi connectivity index (χ1n) is 12.8. The normalized spacial score (nSPS) is 11.6. The number of nitro groups is 1. The Bertz CT molecular complexity index is 1680. The molecule has 0 aliphatic rings. The number of hydrogen-bond donors (Lipinski definition) is 2. The van der Waals surface area contributed by atoms with Crippen molar-refractivity contribution in [2.24, 2.45) is 0 Å². The lowest BCUT2D eigenvalue weighted by Gasteiger charge is -2.20. The summed E-state index contributed by atoms with van der Waals surface area (Å²) in [6.07, 6.45) is 0.319. The number of nitro benzene ring substituents is 1. The molecule has 0 fully saturated rings. The molecule has 1 aromatic heterocycles. The van der Waals surface area contributed by atoms with Crippen molar-refractivity contribution in [3.05, 3.63) is 142 Å². The number of benzene rings is 4. The van der Waals surface area contributed by atoms with Crippen LogP contribution in [0.5, 0.6) is 0 Å². The van der Waals surface area contributed by atoms with Gasteiger partial charge in [0, 0.05) is 30.0 Å². The van der Waals surface area contributed by atoms with Gasteiger partial charge in [0.2, 0.25) is 0 Å². The molecule has 5 rings (SSSR count). The van der Waals surface area contributed by atoms with Gasteiger partial charge in [-0.2, -0.15) is 0 Å². The molecule has 1 unspecified atom stereocenters. The number of rotatable bonds is 10. The molecule has 212 valence electrons. The number of para-hydroxylation sites is 1. The van der Waals surface area contributed by atoms with Gasteiger partial charge in [-0.3, -0.25) is 14.7 Å². The minimum atomic E-state index is -0.734. The zero-order valence-electron chi connectivity index (χ0n) is 22.0. The molecule has 0 spiro atoms. The lowest BCUT2D eigenvalue weighted by atomic mass is 10.1. The largest absolute Gasteiger partial charge is 0.327 e. The summed E-state index contributed by atoms with van der Waals surface area (Å²) in [6.45, 7) is 0. The molecule has 12 heteroatoms. The highest BCUT2D eigenvalue weighted by Gasteiger charge is 2.26. The van der Waals surface area contributed by atoms with E-state index in [2.05, 4.69) is 20.8 Å².